The molecule has 1 N–H and O–H groups in total. The predicted molar refractivity (Wildman–Crippen MR) is 82.4 cm³/mol. The lowest BCUT2D eigenvalue weighted by Crippen LogP contribution is -2.13. The Hall–Kier alpha value is -1.72. The van der Waals surface area contributed by atoms with E-state index in [9.17, 15) is 9.18 Å². The van der Waals surface area contributed by atoms with E-state index in [0.717, 1.165) is 15.6 Å². The maximum atomic E-state index is 13.7. The minimum Gasteiger partial charge on any atom is -0.465 e. The molecule has 2 aromatic carbocycles. The number of hydrogen-bond acceptors (Lipinski definition) is 3. The summed E-state index contributed by atoms with van der Waals surface area (Å²) in [6.45, 7) is 1.21. The van der Waals surface area contributed by atoms with Crippen LogP contribution in [0.1, 0.15) is 21.5 Å². The smallest absolute Gasteiger partial charge is 0.340 e. The van der Waals surface area contributed by atoms with E-state index in [-0.39, 0.29) is 5.56 Å². The van der Waals surface area contributed by atoms with E-state index in [0.29, 0.717) is 13.1 Å². The molecular weight excluding hydrogens is 337 g/mol. The molecule has 110 valence electrons. The fraction of sp³-hybridized carbons (Fsp3) is 0.188. The van der Waals surface area contributed by atoms with E-state index in [1.165, 1.54) is 19.2 Å². The molecule has 21 heavy (non-hydrogen) atoms. The average molecular weight is 352 g/mol. The highest BCUT2D eigenvalue weighted by molar-refractivity contribution is 9.10. The SMILES string of the molecule is COC(=O)c1ccc(CNCc2ccc(Br)cc2)cc1F. The van der Waals surface area contributed by atoms with Crippen LogP contribution in [0.3, 0.4) is 0 Å². The third-order valence-corrected chi connectivity index (χ3v) is 3.54. The van der Waals surface area contributed by atoms with E-state index < -0.39 is 11.8 Å². The lowest BCUT2D eigenvalue weighted by molar-refractivity contribution is 0.0595. The Morgan fingerprint density at radius 3 is 2.38 bits per heavy atom. The summed E-state index contributed by atoms with van der Waals surface area (Å²) in [5.41, 5.74) is 1.87. The summed E-state index contributed by atoms with van der Waals surface area (Å²) >= 11 is 3.38. The lowest BCUT2D eigenvalue weighted by Gasteiger charge is -2.07. The van der Waals surface area contributed by atoms with Crippen LogP contribution in [0.25, 0.3) is 0 Å². The molecule has 0 aliphatic carbocycles. The van der Waals surface area contributed by atoms with Gasteiger partial charge in [-0.2, -0.15) is 0 Å². The van der Waals surface area contributed by atoms with Gasteiger partial charge in [-0.25, -0.2) is 9.18 Å². The zero-order valence-corrected chi connectivity index (χ0v) is 13.1. The normalized spacial score (nSPS) is 10.4. The van der Waals surface area contributed by atoms with Crippen molar-refractivity contribution in [3.63, 3.8) is 0 Å². The van der Waals surface area contributed by atoms with E-state index in [1.807, 2.05) is 24.3 Å². The Balaban J connectivity index is 1.93. The van der Waals surface area contributed by atoms with Crippen LogP contribution in [-0.2, 0) is 17.8 Å². The Kier molecular flexibility index (Phi) is 5.47. The van der Waals surface area contributed by atoms with Crippen molar-refractivity contribution < 1.29 is 13.9 Å². The Bertz CT molecular complexity index is 629. The van der Waals surface area contributed by atoms with Crippen molar-refractivity contribution in [1.82, 2.24) is 5.32 Å². The number of nitrogens with one attached hydrogen (secondary N) is 1. The van der Waals surface area contributed by atoms with Crippen molar-refractivity contribution in [3.05, 3.63) is 69.4 Å². The van der Waals surface area contributed by atoms with Crippen molar-refractivity contribution in [1.29, 1.82) is 0 Å². The second-order valence-electron chi connectivity index (χ2n) is 4.54. The number of hydrogen-bond donors (Lipinski definition) is 1. The van der Waals surface area contributed by atoms with Crippen LogP contribution in [0.4, 0.5) is 4.39 Å². The minimum atomic E-state index is -0.665. The first-order chi connectivity index (χ1) is 10.1. The quantitative estimate of drug-likeness (QED) is 0.835. The van der Waals surface area contributed by atoms with Gasteiger partial charge in [-0.15, -0.1) is 0 Å². The van der Waals surface area contributed by atoms with Gasteiger partial charge in [0.15, 0.2) is 0 Å². The number of methoxy groups -OCH3 is 1. The number of rotatable bonds is 5. The number of esters is 1. The van der Waals surface area contributed by atoms with Crippen LogP contribution in [0.15, 0.2) is 46.9 Å². The first kappa shape index (κ1) is 15.7. The van der Waals surface area contributed by atoms with Crippen molar-refractivity contribution in [2.24, 2.45) is 0 Å². The highest BCUT2D eigenvalue weighted by Crippen LogP contribution is 2.13. The van der Waals surface area contributed by atoms with E-state index in [4.69, 9.17) is 0 Å². The van der Waals surface area contributed by atoms with Gasteiger partial charge >= 0.3 is 5.97 Å². The minimum absolute atomic E-state index is 0.0471. The molecule has 5 heteroatoms. The summed E-state index contributed by atoms with van der Waals surface area (Å²) in [5.74, 6) is -1.23. The van der Waals surface area contributed by atoms with Crippen molar-refractivity contribution in [2.45, 2.75) is 13.1 Å². The summed E-state index contributed by atoms with van der Waals surface area (Å²) in [6, 6.07) is 12.5. The zero-order chi connectivity index (χ0) is 15.2. The highest BCUT2D eigenvalue weighted by atomic mass is 79.9. The van der Waals surface area contributed by atoms with Gasteiger partial charge in [0.2, 0.25) is 0 Å². The summed E-state index contributed by atoms with van der Waals surface area (Å²) in [4.78, 5) is 11.3. The monoisotopic (exact) mass is 351 g/mol. The molecule has 0 spiro atoms. The molecule has 0 fully saturated rings. The molecule has 0 heterocycles. The van der Waals surface area contributed by atoms with Gasteiger partial charge in [-0.1, -0.05) is 34.1 Å². The molecule has 0 radical (unpaired) electrons. The molecule has 0 atom stereocenters. The lowest BCUT2D eigenvalue weighted by atomic mass is 10.1. The molecular formula is C16H15BrFNO2. The van der Waals surface area contributed by atoms with Crippen LogP contribution in [0.5, 0.6) is 0 Å². The molecule has 0 saturated heterocycles. The predicted octanol–water partition coefficient (Wildman–Crippen LogP) is 3.66. The Labute approximate surface area is 131 Å². The summed E-state index contributed by atoms with van der Waals surface area (Å²) in [5, 5.41) is 3.23. The fourth-order valence-electron chi connectivity index (χ4n) is 1.90. The van der Waals surface area contributed by atoms with Crippen LogP contribution in [-0.4, -0.2) is 13.1 Å². The first-order valence-corrected chi connectivity index (χ1v) is 7.21. The fourth-order valence-corrected chi connectivity index (χ4v) is 2.16. The third kappa shape index (κ3) is 4.37. The molecule has 0 aromatic heterocycles. The van der Waals surface area contributed by atoms with Gasteiger partial charge < -0.3 is 10.1 Å². The number of halogens is 2. The highest BCUT2D eigenvalue weighted by Gasteiger charge is 2.11. The van der Waals surface area contributed by atoms with E-state index in [2.05, 4.69) is 26.0 Å². The van der Waals surface area contributed by atoms with Crippen molar-refractivity contribution >= 4 is 21.9 Å². The van der Waals surface area contributed by atoms with Gasteiger partial charge in [-0.05, 0) is 35.4 Å². The van der Waals surface area contributed by atoms with Crippen LogP contribution in [0, 0.1) is 5.82 Å². The van der Waals surface area contributed by atoms with E-state index >= 15 is 0 Å². The summed E-state index contributed by atoms with van der Waals surface area (Å²) < 4.78 is 19.3. The molecule has 0 bridgehead atoms. The number of ether oxygens (including phenoxy) is 1. The van der Waals surface area contributed by atoms with Crippen LogP contribution >= 0.6 is 15.9 Å². The van der Waals surface area contributed by atoms with Crippen molar-refractivity contribution in [3.8, 4) is 0 Å². The number of benzene rings is 2. The summed E-state index contributed by atoms with van der Waals surface area (Å²) in [6.07, 6.45) is 0. The topological polar surface area (TPSA) is 38.3 Å². The molecule has 3 nitrogen and oxygen atoms in total. The Morgan fingerprint density at radius 1 is 1.14 bits per heavy atom. The molecule has 0 aliphatic rings. The Morgan fingerprint density at radius 2 is 1.76 bits per heavy atom. The van der Waals surface area contributed by atoms with Gasteiger partial charge in [0.25, 0.3) is 0 Å². The molecule has 0 unspecified atom stereocenters. The molecule has 0 amide bonds. The first-order valence-electron chi connectivity index (χ1n) is 6.42. The van der Waals surface area contributed by atoms with Crippen LogP contribution in [0.2, 0.25) is 0 Å². The maximum absolute atomic E-state index is 13.7. The standard InChI is InChI=1S/C16H15BrFNO2/c1-21-16(20)14-7-4-12(8-15(14)18)10-19-9-11-2-5-13(17)6-3-11/h2-8,19H,9-10H2,1H3. The van der Waals surface area contributed by atoms with Gasteiger partial charge in [0, 0.05) is 17.6 Å². The summed E-state index contributed by atoms with van der Waals surface area (Å²) in [7, 11) is 1.23. The van der Waals surface area contributed by atoms with Crippen molar-refractivity contribution in [2.75, 3.05) is 7.11 Å². The molecule has 2 rings (SSSR count). The van der Waals surface area contributed by atoms with Gasteiger partial charge in [0.1, 0.15) is 5.82 Å². The average Bonchev–Trinajstić information content (AvgIpc) is 2.49. The number of carbonyl (C=O) groups excluding carboxylic acids is 1. The zero-order valence-electron chi connectivity index (χ0n) is 11.5. The number of carbonyl (C=O) groups is 1. The second kappa shape index (κ2) is 7.33. The van der Waals surface area contributed by atoms with Crippen LogP contribution < -0.4 is 5.32 Å². The maximum Gasteiger partial charge on any atom is 0.340 e. The largest absolute Gasteiger partial charge is 0.465 e. The van der Waals surface area contributed by atoms with Gasteiger partial charge in [0.05, 0.1) is 12.7 Å². The molecule has 0 aliphatic heterocycles. The second-order valence-corrected chi connectivity index (χ2v) is 5.45. The third-order valence-electron chi connectivity index (χ3n) is 3.01. The molecule has 0 saturated carbocycles. The molecule has 2 aromatic rings. The van der Waals surface area contributed by atoms with Gasteiger partial charge in [-0.3, -0.25) is 0 Å². The van der Waals surface area contributed by atoms with E-state index in [1.54, 1.807) is 6.07 Å².